The molecule has 2 N–H and O–H groups in total. The number of hydrogen-bond donors (Lipinski definition) is 1. The Balaban J connectivity index is 1.73. The topological polar surface area (TPSA) is 29.3 Å². The van der Waals surface area contributed by atoms with Gasteiger partial charge in [-0.1, -0.05) is 12.5 Å². The van der Waals surface area contributed by atoms with Crippen LogP contribution in [-0.4, -0.2) is 25.0 Å². The van der Waals surface area contributed by atoms with E-state index in [2.05, 4.69) is 0 Å². The molecule has 116 valence electrons. The van der Waals surface area contributed by atoms with Gasteiger partial charge in [-0.3, -0.25) is 4.90 Å². The fraction of sp³-hybridized carbons (Fsp3) is 0.647. The van der Waals surface area contributed by atoms with Crippen LogP contribution in [0.4, 0.5) is 8.78 Å². The van der Waals surface area contributed by atoms with Crippen LogP contribution in [0.2, 0.25) is 0 Å². The van der Waals surface area contributed by atoms with Gasteiger partial charge in [-0.25, -0.2) is 8.78 Å². The summed E-state index contributed by atoms with van der Waals surface area (Å²) in [7, 11) is 1.94. The summed E-state index contributed by atoms with van der Waals surface area (Å²) in [5.41, 5.74) is 5.94. The number of fused-ring (bicyclic) bond motifs is 2. The van der Waals surface area contributed by atoms with Gasteiger partial charge in [0.2, 0.25) is 0 Å². The number of nitrogens with two attached hydrogens (primary N) is 1. The zero-order valence-electron chi connectivity index (χ0n) is 12.6. The van der Waals surface area contributed by atoms with Crippen LogP contribution in [0.5, 0.6) is 0 Å². The first-order valence-corrected chi connectivity index (χ1v) is 7.94. The van der Waals surface area contributed by atoms with Gasteiger partial charge in [0, 0.05) is 18.7 Å². The number of nitrogens with zero attached hydrogens (tertiary/aromatic N) is 1. The van der Waals surface area contributed by atoms with Gasteiger partial charge in [0.05, 0.1) is 6.04 Å². The van der Waals surface area contributed by atoms with Crippen molar-refractivity contribution in [2.24, 2.45) is 23.5 Å². The molecular weight excluding hydrogens is 270 g/mol. The highest BCUT2D eigenvalue weighted by Gasteiger charge is 2.40. The van der Waals surface area contributed by atoms with Gasteiger partial charge >= 0.3 is 0 Å². The first-order chi connectivity index (χ1) is 10.1. The molecule has 4 heteroatoms. The highest BCUT2D eigenvalue weighted by atomic mass is 19.1. The van der Waals surface area contributed by atoms with Gasteiger partial charge < -0.3 is 5.73 Å². The van der Waals surface area contributed by atoms with Gasteiger partial charge in [0.25, 0.3) is 0 Å². The SMILES string of the molecule is CN(CC1CC2CCC1C2)C(CN)c1c(F)cccc1F. The number of benzene rings is 1. The van der Waals surface area contributed by atoms with Crippen LogP contribution in [0.3, 0.4) is 0 Å². The molecule has 0 saturated heterocycles. The standard InChI is InChI=1S/C17H24F2N2/c1-21(10-13-8-11-5-6-12(13)7-11)16(9-20)17-14(18)3-2-4-15(17)19/h2-4,11-13,16H,5-10,20H2,1H3. The third kappa shape index (κ3) is 2.84. The van der Waals surface area contributed by atoms with Crippen LogP contribution >= 0.6 is 0 Å². The number of rotatable bonds is 5. The van der Waals surface area contributed by atoms with Crippen molar-refractivity contribution in [2.75, 3.05) is 20.1 Å². The molecule has 2 aliphatic rings. The molecule has 2 fully saturated rings. The van der Waals surface area contributed by atoms with Crippen molar-refractivity contribution in [3.8, 4) is 0 Å². The van der Waals surface area contributed by atoms with Crippen LogP contribution in [0, 0.1) is 29.4 Å². The number of halogens is 2. The van der Waals surface area contributed by atoms with E-state index in [1.54, 1.807) is 0 Å². The molecule has 1 aromatic carbocycles. The monoisotopic (exact) mass is 294 g/mol. The smallest absolute Gasteiger partial charge is 0.130 e. The Morgan fingerprint density at radius 2 is 1.95 bits per heavy atom. The second-order valence-corrected chi connectivity index (χ2v) is 6.76. The summed E-state index contributed by atoms with van der Waals surface area (Å²) in [6, 6.07) is 3.64. The average molecular weight is 294 g/mol. The molecule has 1 aromatic rings. The van der Waals surface area contributed by atoms with E-state index in [1.807, 2.05) is 11.9 Å². The lowest BCUT2D eigenvalue weighted by molar-refractivity contribution is 0.171. The van der Waals surface area contributed by atoms with Crippen molar-refractivity contribution in [3.05, 3.63) is 35.4 Å². The third-order valence-corrected chi connectivity index (χ3v) is 5.50. The molecule has 0 aromatic heterocycles. The molecule has 2 bridgehead atoms. The van der Waals surface area contributed by atoms with Gasteiger partial charge in [0.15, 0.2) is 0 Å². The molecule has 3 rings (SSSR count). The summed E-state index contributed by atoms with van der Waals surface area (Å²) in [6.45, 7) is 1.12. The van der Waals surface area contributed by atoms with Crippen molar-refractivity contribution in [1.29, 1.82) is 0 Å². The van der Waals surface area contributed by atoms with Crippen molar-refractivity contribution >= 4 is 0 Å². The highest BCUT2D eigenvalue weighted by molar-refractivity contribution is 5.23. The first-order valence-electron chi connectivity index (χ1n) is 7.94. The Morgan fingerprint density at radius 1 is 1.24 bits per heavy atom. The maximum absolute atomic E-state index is 14.0. The number of likely N-dealkylation sites (N-methyl/N-ethyl adjacent to an activating group) is 1. The van der Waals surface area contributed by atoms with E-state index in [4.69, 9.17) is 5.73 Å². The van der Waals surface area contributed by atoms with Gasteiger partial charge in [0.1, 0.15) is 11.6 Å². The summed E-state index contributed by atoms with van der Waals surface area (Å²) >= 11 is 0. The van der Waals surface area contributed by atoms with E-state index in [0.717, 1.165) is 18.4 Å². The summed E-state index contributed by atoms with van der Waals surface area (Å²) in [5.74, 6) is 1.37. The zero-order valence-corrected chi connectivity index (χ0v) is 12.6. The summed E-state index contributed by atoms with van der Waals surface area (Å²) in [6.07, 6.45) is 5.31. The van der Waals surface area contributed by atoms with Gasteiger partial charge in [-0.05, 0) is 56.2 Å². The van der Waals surface area contributed by atoms with Crippen molar-refractivity contribution < 1.29 is 8.78 Å². The van der Waals surface area contributed by atoms with Crippen LogP contribution < -0.4 is 5.73 Å². The number of hydrogen-bond acceptors (Lipinski definition) is 2. The van der Waals surface area contributed by atoms with Crippen molar-refractivity contribution in [3.63, 3.8) is 0 Å². The second-order valence-electron chi connectivity index (χ2n) is 6.76. The van der Waals surface area contributed by atoms with Crippen LogP contribution in [-0.2, 0) is 0 Å². The molecule has 4 atom stereocenters. The molecule has 4 unspecified atom stereocenters. The minimum atomic E-state index is -0.495. The molecule has 0 aliphatic heterocycles. The lowest BCUT2D eigenvalue weighted by Crippen LogP contribution is -2.36. The normalized spacial score (nSPS) is 29.3. The van der Waals surface area contributed by atoms with Crippen LogP contribution in [0.15, 0.2) is 18.2 Å². The van der Waals surface area contributed by atoms with Crippen LogP contribution in [0.1, 0.15) is 37.3 Å². The Labute approximate surface area is 125 Å². The molecule has 2 nitrogen and oxygen atoms in total. The molecule has 21 heavy (non-hydrogen) atoms. The molecule has 0 heterocycles. The fourth-order valence-corrected chi connectivity index (χ4v) is 4.44. The molecule has 0 spiro atoms. The Kier molecular flexibility index (Phi) is 4.27. The second kappa shape index (κ2) is 6.01. The summed E-state index contributed by atoms with van der Waals surface area (Å²) in [5, 5.41) is 0. The summed E-state index contributed by atoms with van der Waals surface area (Å²) in [4.78, 5) is 2.05. The predicted molar refractivity (Wildman–Crippen MR) is 79.7 cm³/mol. The average Bonchev–Trinajstić information content (AvgIpc) is 3.05. The molecule has 0 amide bonds. The van der Waals surface area contributed by atoms with Crippen molar-refractivity contribution in [1.82, 2.24) is 4.90 Å². The molecular formula is C17H24F2N2. The minimum absolute atomic E-state index is 0.116. The summed E-state index contributed by atoms with van der Waals surface area (Å²) < 4.78 is 28.0. The van der Waals surface area contributed by atoms with E-state index in [9.17, 15) is 8.78 Å². The maximum Gasteiger partial charge on any atom is 0.130 e. The highest BCUT2D eigenvalue weighted by Crippen LogP contribution is 2.48. The maximum atomic E-state index is 14.0. The zero-order chi connectivity index (χ0) is 15.0. The third-order valence-electron chi connectivity index (χ3n) is 5.50. The van der Waals surface area contributed by atoms with Crippen LogP contribution in [0.25, 0.3) is 0 Å². The van der Waals surface area contributed by atoms with E-state index in [-0.39, 0.29) is 18.2 Å². The van der Waals surface area contributed by atoms with E-state index in [0.29, 0.717) is 5.92 Å². The Hall–Kier alpha value is -1.00. The van der Waals surface area contributed by atoms with E-state index < -0.39 is 11.6 Å². The van der Waals surface area contributed by atoms with Gasteiger partial charge in [-0.15, -0.1) is 0 Å². The lowest BCUT2D eigenvalue weighted by atomic mass is 9.88. The Morgan fingerprint density at radius 3 is 2.48 bits per heavy atom. The Bertz CT molecular complexity index is 485. The quantitative estimate of drug-likeness (QED) is 0.902. The van der Waals surface area contributed by atoms with Gasteiger partial charge in [-0.2, -0.15) is 0 Å². The lowest BCUT2D eigenvalue weighted by Gasteiger charge is -2.33. The molecule has 0 radical (unpaired) electrons. The predicted octanol–water partition coefficient (Wildman–Crippen LogP) is 3.33. The first kappa shape index (κ1) is 14.9. The van der Waals surface area contributed by atoms with E-state index in [1.165, 1.54) is 43.9 Å². The molecule has 2 aliphatic carbocycles. The van der Waals surface area contributed by atoms with Crippen molar-refractivity contribution in [2.45, 2.75) is 31.7 Å². The fourth-order valence-electron chi connectivity index (χ4n) is 4.44. The minimum Gasteiger partial charge on any atom is -0.329 e. The molecule has 2 saturated carbocycles. The van der Waals surface area contributed by atoms with E-state index >= 15 is 0 Å². The largest absolute Gasteiger partial charge is 0.329 e.